The summed E-state index contributed by atoms with van der Waals surface area (Å²) < 4.78 is 1.50. The van der Waals surface area contributed by atoms with Gasteiger partial charge in [-0.05, 0) is 12.0 Å². The van der Waals surface area contributed by atoms with Crippen LogP contribution >= 0.6 is 0 Å². The summed E-state index contributed by atoms with van der Waals surface area (Å²) in [6, 6.07) is 1.56. The number of nitrogens with two attached hydrogens (primary N) is 1. The summed E-state index contributed by atoms with van der Waals surface area (Å²) in [5.41, 5.74) is 7.09. The van der Waals surface area contributed by atoms with Crippen LogP contribution in [-0.2, 0) is 7.05 Å². The lowest BCUT2D eigenvalue weighted by molar-refractivity contribution is 0.0699. The molecule has 0 aliphatic rings. The zero-order chi connectivity index (χ0) is 12.7. The average Bonchev–Trinajstić information content (AvgIpc) is 2.53. The first-order valence-electron chi connectivity index (χ1n) is 5.28. The summed E-state index contributed by atoms with van der Waals surface area (Å²) in [5, 5.41) is 13.6. The Morgan fingerprint density at radius 3 is 2.71 bits per heavy atom. The van der Waals surface area contributed by atoms with Crippen LogP contribution in [0.5, 0.6) is 0 Å². The Labute approximate surface area is 98.1 Å². The van der Waals surface area contributed by atoms with Crippen molar-refractivity contribution in [3.63, 3.8) is 0 Å². The van der Waals surface area contributed by atoms with E-state index in [4.69, 9.17) is 5.73 Å². The van der Waals surface area contributed by atoms with E-state index in [0.717, 1.165) is 5.69 Å². The molecule has 2 rings (SSSR count). The van der Waals surface area contributed by atoms with E-state index in [9.17, 15) is 9.90 Å². The van der Waals surface area contributed by atoms with Gasteiger partial charge in [-0.15, -0.1) is 0 Å². The largest absolute Gasteiger partial charge is 0.478 e. The summed E-state index contributed by atoms with van der Waals surface area (Å²) in [6.45, 7) is 3.92. The monoisotopic (exact) mass is 234 g/mol. The molecule has 2 heterocycles. The van der Waals surface area contributed by atoms with Gasteiger partial charge in [0.25, 0.3) is 0 Å². The third-order valence-electron chi connectivity index (χ3n) is 2.66. The topological polar surface area (TPSA) is 94.0 Å². The number of carboxylic acid groups (broad SMARTS) is 1. The van der Waals surface area contributed by atoms with Crippen molar-refractivity contribution in [3.8, 4) is 0 Å². The van der Waals surface area contributed by atoms with Crippen LogP contribution in [0.1, 0.15) is 35.8 Å². The van der Waals surface area contributed by atoms with Gasteiger partial charge in [0.1, 0.15) is 0 Å². The minimum atomic E-state index is -1.01. The third kappa shape index (κ3) is 1.71. The Hall–Kier alpha value is -2.11. The number of aryl methyl sites for hydroxylation is 1. The number of nitrogen functional groups attached to an aromatic ring is 1. The van der Waals surface area contributed by atoms with E-state index in [-0.39, 0.29) is 17.3 Å². The van der Waals surface area contributed by atoms with Gasteiger partial charge in [-0.1, -0.05) is 13.8 Å². The number of anilines is 1. The normalized spacial score (nSPS) is 11.3. The van der Waals surface area contributed by atoms with Crippen molar-refractivity contribution in [2.45, 2.75) is 19.8 Å². The van der Waals surface area contributed by atoms with E-state index in [1.165, 1.54) is 4.68 Å². The molecule has 0 aromatic carbocycles. The molecule has 0 aliphatic carbocycles. The number of nitrogens with zero attached hydrogens (tertiary/aromatic N) is 3. The van der Waals surface area contributed by atoms with Crippen LogP contribution in [0.15, 0.2) is 6.07 Å². The van der Waals surface area contributed by atoms with Crippen molar-refractivity contribution >= 4 is 22.8 Å². The average molecular weight is 234 g/mol. The molecule has 0 fully saturated rings. The Balaban J connectivity index is 2.88. The molecule has 0 saturated carbocycles. The minimum absolute atomic E-state index is 0.147. The van der Waals surface area contributed by atoms with Crippen molar-refractivity contribution in [1.29, 1.82) is 0 Å². The minimum Gasteiger partial charge on any atom is -0.478 e. The second-order valence-corrected chi connectivity index (χ2v) is 4.26. The fourth-order valence-electron chi connectivity index (χ4n) is 1.76. The predicted octanol–water partition coefficient (Wildman–Crippen LogP) is 1.37. The summed E-state index contributed by atoms with van der Waals surface area (Å²) in [5.74, 6) is -0.671. The predicted molar refractivity (Wildman–Crippen MR) is 64.0 cm³/mol. The highest BCUT2D eigenvalue weighted by molar-refractivity contribution is 6.06. The Kier molecular flexibility index (Phi) is 2.49. The van der Waals surface area contributed by atoms with Gasteiger partial charge < -0.3 is 10.8 Å². The smallest absolute Gasteiger partial charge is 0.336 e. The first-order valence-corrected chi connectivity index (χ1v) is 5.28. The van der Waals surface area contributed by atoms with Gasteiger partial charge in [-0.25, -0.2) is 14.5 Å². The number of aromatic carboxylic acids is 1. The molecule has 0 radical (unpaired) electrons. The molecule has 0 unspecified atom stereocenters. The van der Waals surface area contributed by atoms with Crippen LogP contribution in [-0.4, -0.2) is 25.8 Å². The van der Waals surface area contributed by atoms with E-state index < -0.39 is 5.97 Å². The summed E-state index contributed by atoms with van der Waals surface area (Å²) >= 11 is 0. The number of pyridine rings is 1. The molecule has 0 atom stereocenters. The SMILES string of the molecule is CC(C)c1cc(C(=O)O)c2c(N)nn(C)c2n1. The molecule has 0 amide bonds. The molecule has 2 aromatic heterocycles. The molecule has 17 heavy (non-hydrogen) atoms. The molecule has 0 bridgehead atoms. The Bertz CT molecular complexity index is 601. The Morgan fingerprint density at radius 2 is 2.18 bits per heavy atom. The van der Waals surface area contributed by atoms with Crippen LogP contribution in [0.25, 0.3) is 11.0 Å². The zero-order valence-corrected chi connectivity index (χ0v) is 9.93. The maximum absolute atomic E-state index is 11.2. The molecule has 6 heteroatoms. The second kappa shape index (κ2) is 3.73. The van der Waals surface area contributed by atoms with E-state index in [1.807, 2.05) is 13.8 Å². The van der Waals surface area contributed by atoms with Gasteiger partial charge in [0.15, 0.2) is 11.5 Å². The number of hydrogen-bond donors (Lipinski definition) is 2. The highest BCUT2D eigenvalue weighted by atomic mass is 16.4. The van der Waals surface area contributed by atoms with Crippen LogP contribution in [0, 0.1) is 0 Å². The quantitative estimate of drug-likeness (QED) is 0.818. The lowest BCUT2D eigenvalue weighted by Crippen LogP contribution is -2.04. The van der Waals surface area contributed by atoms with Crippen molar-refractivity contribution < 1.29 is 9.90 Å². The van der Waals surface area contributed by atoms with Crippen molar-refractivity contribution in [2.75, 3.05) is 5.73 Å². The number of aromatic nitrogens is 3. The molecule has 90 valence electrons. The van der Waals surface area contributed by atoms with E-state index in [1.54, 1.807) is 13.1 Å². The standard InChI is InChI=1S/C11H14N4O2/c1-5(2)7-4-6(11(16)17)8-9(12)14-15(3)10(8)13-7/h4-5H,1-3H3,(H2,12,14)(H,16,17). The van der Waals surface area contributed by atoms with Gasteiger partial charge in [-0.2, -0.15) is 5.10 Å². The summed E-state index contributed by atoms with van der Waals surface area (Å²) in [4.78, 5) is 15.6. The van der Waals surface area contributed by atoms with Gasteiger partial charge in [-0.3, -0.25) is 0 Å². The van der Waals surface area contributed by atoms with Crippen LogP contribution in [0.3, 0.4) is 0 Å². The number of carbonyl (C=O) groups is 1. The second-order valence-electron chi connectivity index (χ2n) is 4.26. The molecule has 2 aromatic rings. The Morgan fingerprint density at radius 1 is 1.53 bits per heavy atom. The fraction of sp³-hybridized carbons (Fsp3) is 0.364. The number of fused-ring (bicyclic) bond motifs is 1. The highest BCUT2D eigenvalue weighted by Gasteiger charge is 2.19. The highest BCUT2D eigenvalue weighted by Crippen LogP contribution is 2.26. The summed E-state index contributed by atoms with van der Waals surface area (Å²) in [6.07, 6.45) is 0. The zero-order valence-electron chi connectivity index (χ0n) is 9.93. The van der Waals surface area contributed by atoms with Crippen LogP contribution in [0.2, 0.25) is 0 Å². The summed E-state index contributed by atoms with van der Waals surface area (Å²) in [7, 11) is 1.70. The van der Waals surface area contributed by atoms with Crippen LogP contribution < -0.4 is 5.73 Å². The third-order valence-corrected chi connectivity index (χ3v) is 2.66. The number of carboxylic acids is 1. The maximum atomic E-state index is 11.2. The van der Waals surface area contributed by atoms with Crippen LogP contribution in [0.4, 0.5) is 5.82 Å². The molecule has 0 saturated heterocycles. The molecule has 6 nitrogen and oxygen atoms in total. The van der Waals surface area contributed by atoms with Gasteiger partial charge in [0, 0.05) is 12.7 Å². The molecule has 0 spiro atoms. The van der Waals surface area contributed by atoms with E-state index >= 15 is 0 Å². The number of hydrogen-bond acceptors (Lipinski definition) is 4. The van der Waals surface area contributed by atoms with Crippen molar-refractivity contribution in [3.05, 3.63) is 17.3 Å². The van der Waals surface area contributed by atoms with Crippen molar-refractivity contribution in [1.82, 2.24) is 14.8 Å². The van der Waals surface area contributed by atoms with Gasteiger partial charge in [0.2, 0.25) is 0 Å². The fourth-order valence-corrected chi connectivity index (χ4v) is 1.76. The maximum Gasteiger partial charge on any atom is 0.336 e. The van der Waals surface area contributed by atoms with E-state index in [0.29, 0.717) is 11.0 Å². The number of rotatable bonds is 2. The molecular weight excluding hydrogens is 220 g/mol. The lowest BCUT2D eigenvalue weighted by Gasteiger charge is -2.07. The molecular formula is C11H14N4O2. The molecule has 3 N–H and O–H groups in total. The van der Waals surface area contributed by atoms with Crippen molar-refractivity contribution in [2.24, 2.45) is 7.05 Å². The van der Waals surface area contributed by atoms with Gasteiger partial charge in [0.05, 0.1) is 10.9 Å². The van der Waals surface area contributed by atoms with E-state index in [2.05, 4.69) is 10.1 Å². The first-order chi connectivity index (χ1) is 7.91. The lowest BCUT2D eigenvalue weighted by atomic mass is 10.1. The first kappa shape index (κ1) is 11.4. The molecule has 0 aliphatic heterocycles. The van der Waals surface area contributed by atoms with Gasteiger partial charge >= 0.3 is 5.97 Å².